The van der Waals surface area contributed by atoms with Crippen molar-refractivity contribution in [2.75, 3.05) is 5.32 Å². The summed E-state index contributed by atoms with van der Waals surface area (Å²) in [7, 11) is 0. The van der Waals surface area contributed by atoms with Gasteiger partial charge in [0, 0.05) is 16.2 Å². The largest absolute Gasteiger partial charge is 0.475 e. The maximum atomic E-state index is 11.1. The van der Waals surface area contributed by atoms with E-state index < -0.39 is 5.97 Å². The highest BCUT2D eigenvalue weighted by Gasteiger charge is 2.25. The first-order chi connectivity index (χ1) is 11.5. The van der Waals surface area contributed by atoms with Crippen LogP contribution in [0.15, 0.2) is 28.7 Å². The van der Waals surface area contributed by atoms with Gasteiger partial charge in [-0.15, -0.1) is 5.10 Å². The normalized spacial score (nSPS) is 16.3. The number of carboxylic acid groups (broad SMARTS) is 1. The van der Waals surface area contributed by atoms with E-state index >= 15 is 0 Å². The lowest BCUT2D eigenvalue weighted by Gasteiger charge is -2.16. The van der Waals surface area contributed by atoms with Crippen LogP contribution in [-0.4, -0.2) is 30.7 Å². The molecule has 0 bridgehead atoms. The number of nitrogens with zero attached hydrogens (tertiary/aromatic N) is 4. The van der Waals surface area contributed by atoms with Crippen molar-refractivity contribution in [2.45, 2.75) is 25.8 Å². The number of hydrogen-bond donors (Lipinski definition) is 2. The molecule has 7 nitrogen and oxygen atoms in total. The summed E-state index contributed by atoms with van der Waals surface area (Å²) in [6, 6.07) is 8.17. The van der Waals surface area contributed by atoms with Crippen molar-refractivity contribution < 1.29 is 9.90 Å². The maximum Gasteiger partial charge on any atom is 0.375 e. The van der Waals surface area contributed by atoms with Gasteiger partial charge in [-0.05, 0) is 37.0 Å². The van der Waals surface area contributed by atoms with Crippen molar-refractivity contribution >= 4 is 33.5 Å². The zero-order valence-corrected chi connectivity index (χ0v) is 14.4. The number of rotatable bonds is 3. The van der Waals surface area contributed by atoms with E-state index in [0.29, 0.717) is 5.82 Å². The zero-order valence-electron chi connectivity index (χ0n) is 12.8. The van der Waals surface area contributed by atoms with E-state index in [1.165, 1.54) is 15.6 Å². The molecule has 2 N–H and O–H groups in total. The minimum atomic E-state index is -1.17. The number of halogens is 1. The van der Waals surface area contributed by atoms with Gasteiger partial charge in [-0.1, -0.05) is 28.1 Å². The van der Waals surface area contributed by atoms with E-state index in [1.54, 1.807) is 0 Å². The lowest BCUT2D eigenvalue weighted by molar-refractivity contribution is 0.0684. The second kappa shape index (κ2) is 5.55. The van der Waals surface area contributed by atoms with Crippen LogP contribution < -0.4 is 5.32 Å². The number of aryl methyl sites for hydroxylation is 1. The van der Waals surface area contributed by atoms with Crippen LogP contribution in [0.25, 0.3) is 5.78 Å². The van der Waals surface area contributed by atoms with E-state index in [1.807, 2.05) is 25.1 Å². The van der Waals surface area contributed by atoms with Gasteiger partial charge >= 0.3 is 5.97 Å². The molecule has 0 aliphatic heterocycles. The number of carbonyl (C=O) groups is 1. The molecule has 8 heteroatoms. The number of aromatic carboxylic acids is 1. The molecule has 0 fully saturated rings. The summed E-state index contributed by atoms with van der Waals surface area (Å²) in [6.45, 7) is 1.85. The Morgan fingerprint density at radius 2 is 2.25 bits per heavy atom. The number of fused-ring (bicyclic) bond motifs is 2. The molecule has 0 spiro atoms. The van der Waals surface area contributed by atoms with E-state index in [4.69, 9.17) is 5.11 Å². The molecule has 3 aromatic rings. The van der Waals surface area contributed by atoms with Crippen molar-refractivity contribution in [3.63, 3.8) is 0 Å². The Morgan fingerprint density at radius 1 is 1.42 bits per heavy atom. The smallest absolute Gasteiger partial charge is 0.375 e. The number of hydrogen-bond acceptors (Lipinski definition) is 5. The minimum Gasteiger partial charge on any atom is -0.475 e. The highest BCUT2D eigenvalue weighted by atomic mass is 79.9. The van der Waals surface area contributed by atoms with Gasteiger partial charge in [0.25, 0.3) is 11.6 Å². The summed E-state index contributed by atoms with van der Waals surface area (Å²) < 4.78 is 2.57. The van der Waals surface area contributed by atoms with Crippen LogP contribution in [0.2, 0.25) is 0 Å². The quantitative estimate of drug-likeness (QED) is 0.717. The van der Waals surface area contributed by atoms with Crippen LogP contribution in [0.3, 0.4) is 0 Å². The fourth-order valence-corrected chi connectivity index (χ4v) is 3.70. The van der Waals surface area contributed by atoms with Gasteiger partial charge in [0.15, 0.2) is 0 Å². The second-order valence-corrected chi connectivity index (χ2v) is 6.63. The Balaban J connectivity index is 1.76. The summed E-state index contributed by atoms with van der Waals surface area (Å²) in [4.78, 5) is 19.3. The van der Waals surface area contributed by atoms with Crippen LogP contribution in [-0.2, 0) is 6.42 Å². The van der Waals surface area contributed by atoms with E-state index in [0.717, 1.165) is 23.0 Å². The van der Waals surface area contributed by atoms with Gasteiger partial charge in [0.1, 0.15) is 5.82 Å². The van der Waals surface area contributed by atoms with Crippen LogP contribution in [0.5, 0.6) is 0 Å². The molecule has 2 heterocycles. The summed E-state index contributed by atoms with van der Waals surface area (Å²) >= 11 is 3.60. The van der Waals surface area contributed by atoms with E-state index in [9.17, 15) is 4.79 Å². The lowest BCUT2D eigenvalue weighted by Crippen LogP contribution is -2.12. The van der Waals surface area contributed by atoms with Gasteiger partial charge in [0.2, 0.25) is 0 Å². The molecule has 1 aromatic carbocycles. The Kier molecular flexibility index (Phi) is 3.49. The third-order valence-corrected chi connectivity index (χ3v) is 4.91. The Bertz CT molecular complexity index is 969. The van der Waals surface area contributed by atoms with Crippen LogP contribution >= 0.6 is 15.9 Å². The number of aromatic nitrogens is 4. The van der Waals surface area contributed by atoms with Crippen molar-refractivity contribution in [1.82, 2.24) is 19.6 Å². The average molecular weight is 388 g/mol. The zero-order chi connectivity index (χ0) is 16.8. The molecule has 1 atom stereocenters. The predicted octanol–water partition coefficient (Wildman–Crippen LogP) is 2.99. The fourth-order valence-electron chi connectivity index (χ4n) is 3.12. The lowest BCUT2D eigenvalue weighted by atomic mass is 10.1. The summed E-state index contributed by atoms with van der Waals surface area (Å²) in [5.74, 6) is -0.456. The number of benzene rings is 1. The van der Waals surface area contributed by atoms with Gasteiger partial charge in [-0.3, -0.25) is 0 Å². The molecule has 0 saturated heterocycles. The van der Waals surface area contributed by atoms with Crippen LogP contribution in [0.4, 0.5) is 5.82 Å². The Hall–Kier alpha value is -2.48. The van der Waals surface area contributed by atoms with Crippen molar-refractivity contribution in [3.8, 4) is 0 Å². The Morgan fingerprint density at radius 3 is 3.04 bits per heavy atom. The van der Waals surface area contributed by atoms with Crippen LogP contribution in [0.1, 0.15) is 39.9 Å². The summed E-state index contributed by atoms with van der Waals surface area (Å²) in [5.41, 5.74) is 3.30. The molecule has 122 valence electrons. The topological polar surface area (TPSA) is 92.4 Å². The maximum absolute atomic E-state index is 11.1. The molecule has 24 heavy (non-hydrogen) atoms. The third kappa shape index (κ3) is 2.43. The fraction of sp³-hybridized carbons (Fsp3) is 0.250. The molecule has 1 aliphatic rings. The molecule has 0 saturated carbocycles. The Labute approximate surface area is 145 Å². The van der Waals surface area contributed by atoms with Crippen molar-refractivity contribution in [1.29, 1.82) is 0 Å². The molecular formula is C16H14BrN5O2. The third-order valence-electron chi connectivity index (χ3n) is 4.17. The molecular weight excluding hydrogens is 374 g/mol. The first-order valence-electron chi connectivity index (χ1n) is 7.54. The minimum absolute atomic E-state index is 0.139. The molecule has 1 aliphatic carbocycles. The number of nitrogens with one attached hydrogen (secondary N) is 1. The van der Waals surface area contributed by atoms with Gasteiger partial charge in [0.05, 0.1) is 6.04 Å². The predicted molar refractivity (Wildman–Crippen MR) is 91.3 cm³/mol. The number of carboxylic acids is 1. The average Bonchev–Trinajstić information content (AvgIpc) is 3.13. The van der Waals surface area contributed by atoms with Gasteiger partial charge < -0.3 is 10.4 Å². The van der Waals surface area contributed by atoms with E-state index in [-0.39, 0.29) is 17.6 Å². The number of anilines is 1. The van der Waals surface area contributed by atoms with Gasteiger partial charge in [-0.25, -0.2) is 9.78 Å². The second-order valence-electron chi connectivity index (χ2n) is 5.78. The summed E-state index contributed by atoms with van der Waals surface area (Å²) in [5, 5.41) is 16.6. The first kappa shape index (κ1) is 15.1. The summed E-state index contributed by atoms with van der Waals surface area (Å²) in [6.07, 6.45) is 1.95. The molecule has 4 rings (SSSR count). The van der Waals surface area contributed by atoms with Crippen LogP contribution in [0, 0.1) is 6.92 Å². The molecule has 0 amide bonds. The standard InChI is InChI=1S/C16H14BrN5O2/c1-8-7-13(22-16(18-8)20-14(21-22)15(23)24)19-12-6-5-9-10(12)3-2-4-11(9)17/h2-4,7,12,19H,5-6H2,1H3,(H,23,24). The molecule has 0 radical (unpaired) electrons. The van der Waals surface area contributed by atoms with Crippen molar-refractivity contribution in [2.24, 2.45) is 0 Å². The highest BCUT2D eigenvalue weighted by molar-refractivity contribution is 9.10. The van der Waals surface area contributed by atoms with Gasteiger partial charge in [-0.2, -0.15) is 9.50 Å². The first-order valence-corrected chi connectivity index (χ1v) is 8.34. The SMILES string of the molecule is Cc1cc(NC2CCc3c(Br)cccc32)n2nc(C(=O)O)nc2n1. The molecule has 2 aromatic heterocycles. The van der Waals surface area contributed by atoms with Crippen molar-refractivity contribution in [3.05, 3.63) is 51.4 Å². The highest BCUT2D eigenvalue weighted by Crippen LogP contribution is 2.37. The van der Waals surface area contributed by atoms with E-state index in [2.05, 4.69) is 42.4 Å². The monoisotopic (exact) mass is 387 g/mol. The molecule has 1 unspecified atom stereocenters.